The van der Waals surface area contributed by atoms with Crippen LogP contribution in [0.25, 0.3) is 6.08 Å². The van der Waals surface area contributed by atoms with Crippen LogP contribution in [0.5, 0.6) is 5.75 Å². The lowest BCUT2D eigenvalue weighted by Gasteiger charge is -2.42. The SMILES string of the molecule is CC1=C2[C@@H](CC/C(C)=C/c3ccc(O)cc3)OB(O)C[C@@H]2[C@@H]2C(=O)N(c3cc(C(F)(F)F)cc(C(F)(F)F)c3)C(=O)[C@@H]2C1. The number of fused-ring (bicyclic) bond motifs is 3. The third-order valence-corrected chi connectivity index (χ3v) is 8.39. The Morgan fingerprint density at radius 1 is 1.00 bits per heavy atom. The number of carbonyl (C=O) groups excluding carboxylic acids is 2. The highest BCUT2D eigenvalue weighted by atomic mass is 19.4. The number of phenolic OH excluding ortho intramolecular Hbond substituents is 1. The van der Waals surface area contributed by atoms with Crippen LogP contribution in [-0.2, 0) is 26.6 Å². The van der Waals surface area contributed by atoms with Gasteiger partial charge in [-0.1, -0.05) is 29.4 Å². The standard InChI is InChI=1S/C30H28BF6NO5/c1-15(9-17-4-6-21(39)7-5-17)3-8-24-25-16(2)10-22-26(23(25)14-31(42)43-24)28(41)38(27(22)40)20-12-18(29(32,33)34)11-19(13-20)30(35,36)37/h4-7,9,11-13,22-24,26,39,42H,3,8,10,14H2,1-2H3/b15-9+/t22-,23+,24-,26-/m1/s1. The van der Waals surface area contributed by atoms with Crippen LogP contribution in [-0.4, -0.2) is 35.2 Å². The molecule has 3 aliphatic rings. The van der Waals surface area contributed by atoms with Gasteiger partial charge in [-0.05, 0) is 86.8 Å². The molecule has 2 aromatic carbocycles. The molecule has 2 aliphatic heterocycles. The minimum Gasteiger partial charge on any atom is -0.508 e. The van der Waals surface area contributed by atoms with Crippen LogP contribution in [0.15, 0.2) is 59.2 Å². The molecule has 2 fully saturated rings. The average molecular weight is 607 g/mol. The molecule has 0 aromatic heterocycles. The lowest BCUT2D eigenvalue weighted by Crippen LogP contribution is -2.46. The average Bonchev–Trinajstić information content (AvgIpc) is 3.16. The maximum absolute atomic E-state index is 13.7. The lowest BCUT2D eigenvalue weighted by molar-refractivity contribution is -0.143. The Hall–Kier alpha value is -3.58. The van der Waals surface area contributed by atoms with E-state index >= 15 is 0 Å². The number of nitrogens with zero attached hydrogens (tertiary/aromatic N) is 1. The van der Waals surface area contributed by atoms with E-state index in [1.54, 1.807) is 31.2 Å². The normalized spacial score (nSPS) is 24.9. The van der Waals surface area contributed by atoms with Crippen LogP contribution < -0.4 is 4.90 Å². The summed E-state index contributed by atoms with van der Waals surface area (Å²) in [5, 5.41) is 20.1. The van der Waals surface area contributed by atoms with Crippen molar-refractivity contribution in [2.24, 2.45) is 17.8 Å². The number of hydrogen-bond acceptors (Lipinski definition) is 5. The number of phenols is 1. The Labute approximate surface area is 243 Å². The van der Waals surface area contributed by atoms with E-state index in [2.05, 4.69) is 0 Å². The molecule has 228 valence electrons. The Bertz CT molecular complexity index is 1470. The van der Waals surface area contributed by atoms with E-state index in [-0.39, 0.29) is 24.6 Å². The van der Waals surface area contributed by atoms with Gasteiger partial charge in [-0.2, -0.15) is 26.3 Å². The van der Waals surface area contributed by atoms with Crippen LogP contribution in [0.4, 0.5) is 32.0 Å². The number of halogens is 6. The summed E-state index contributed by atoms with van der Waals surface area (Å²) in [7, 11) is -1.28. The van der Waals surface area contributed by atoms with Gasteiger partial charge in [-0.25, -0.2) is 4.90 Å². The topological polar surface area (TPSA) is 87.1 Å². The van der Waals surface area contributed by atoms with E-state index in [4.69, 9.17) is 4.65 Å². The summed E-state index contributed by atoms with van der Waals surface area (Å²) in [5.74, 6) is -4.37. The third-order valence-electron chi connectivity index (χ3n) is 8.39. The fourth-order valence-electron chi connectivity index (χ4n) is 6.53. The molecule has 0 spiro atoms. The van der Waals surface area contributed by atoms with Crippen molar-refractivity contribution in [3.63, 3.8) is 0 Å². The fourth-order valence-corrected chi connectivity index (χ4v) is 6.53. The molecule has 0 bridgehead atoms. The summed E-state index contributed by atoms with van der Waals surface area (Å²) in [4.78, 5) is 27.6. The van der Waals surface area contributed by atoms with E-state index in [0.717, 1.165) is 22.3 Å². The first kappa shape index (κ1) is 30.9. The Morgan fingerprint density at radius 2 is 1.60 bits per heavy atom. The summed E-state index contributed by atoms with van der Waals surface area (Å²) in [6.45, 7) is 3.67. The second-order valence-electron chi connectivity index (χ2n) is 11.4. The molecule has 6 nitrogen and oxygen atoms in total. The van der Waals surface area contributed by atoms with E-state index < -0.39 is 72.0 Å². The number of carbonyl (C=O) groups is 2. The van der Waals surface area contributed by atoms with Gasteiger partial charge in [-0.15, -0.1) is 0 Å². The van der Waals surface area contributed by atoms with Crippen molar-refractivity contribution in [1.29, 1.82) is 0 Å². The van der Waals surface area contributed by atoms with Crippen molar-refractivity contribution < 1.29 is 50.7 Å². The maximum atomic E-state index is 13.7. The van der Waals surface area contributed by atoms with Crippen LogP contribution in [0, 0.1) is 17.8 Å². The fraction of sp³-hybridized carbons (Fsp3) is 0.400. The van der Waals surface area contributed by atoms with Gasteiger partial charge < -0.3 is 14.8 Å². The minimum absolute atomic E-state index is 0.0457. The van der Waals surface area contributed by atoms with Crippen LogP contribution >= 0.6 is 0 Å². The lowest BCUT2D eigenvalue weighted by atomic mass is 9.59. The predicted molar refractivity (Wildman–Crippen MR) is 145 cm³/mol. The number of amides is 2. The molecular weight excluding hydrogens is 579 g/mol. The molecular formula is C30H28BF6NO5. The van der Waals surface area contributed by atoms with E-state index in [9.17, 15) is 46.1 Å². The Morgan fingerprint density at radius 3 is 2.19 bits per heavy atom. The van der Waals surface area contributed by atoms with Gasteiger partial charge >= 0.3 is 19.5 Å². The van der Waals surface area contributed by atoms with Gasteiger partial charge in [-0.3, -0.25) is 9.59 Å². The second-order valence-corrected chi connectivity index (χ2v) is 11.4. The number of rotatable bonds is 5. The van der Waals surface area contributed by atoms with Crippen molar-refractivity contribution in [3.05, 3.63) is 75.9 Å². The molecule has 2 amide bonds. The highest BCUT2D eigenvalue weighted by Crippen LogP contribution is 2.52. The maximum Gasteiger partial charge on any atom is 0.455 e. The van der Waals surface area contributed by atoms with Crippen molar-refractivity contribution in [2.75, 3.05) is 4.90 Å². The zero-order valence-electron chi connectivity index (χ0n) is 23.2. The number of aromatic hydroxyl groups is 1. The summed E-state index contributed by atoms with van der Waals surface area (Å²) in [5.41, 5.74) is -0.725. The first-order chi connectivity index (χ1) is 20.0. The summed E-state index contributed by atoms with van der Waals surface area (Å²) in [6.07, 6.45) is -7.97. The van der Waals surface area contributed by atoms with Crippen molar-refractivity contribution in [1.82, 2.24) is 0 Å². The summed E-state index contributed by atoms with van der Waals surface area (Å²) >= 11 is 0. The number of imide groups is 1. The number of hydrogen-bond donors (Lipinski definition) is 2. The third kappa shape index (κ3) is 6.10. The molecule has 43 heavy (non-hydrogen) atoms. The zero-order chi connectivity index (χ0) is 31.4. The van der Waals surface area contributed by atoms with Gasteiger partial charge in [0.1, 0.15) is 5.75 Å². The molecule has 2 aromatic rings. The smallest absolute Gasteiger partial charge is 0.455 e. The van der Waals surface area contributed by atoms with Gasteiger partial charge in [0.2, 0.25) is 11.8 Å². The zero-order valence-corrected chi connectivity index (χ0v) is 23.2. The summed E-state index contributed by atoms with van der Waals surface area (Å²) in [6, 6.07) is 7.33. The van der Waals surface area contributed by atoms with Crippen LogP contribution in [0.1, 0.15) is 49.8 Å². The van der Waals surface area contributed by atoms with Crippen molar-refractivity contribution >= 4 is 30.7 Å². The Kier molecular flexibility index (Phi) is 8.02. The molecule has 1 aliphatic carbocycles. The highest BCUT2D eigenvalue weighted by Gasteiger charge is 2.57. The largest absolute Gasteiger partial charge is 0.508 e. The molecule has 0 unspecified atom stereocenters. The number of allylic oxidation sites excluding steroid dienone is 2. The van der Waals surface area contributed by atoms with E-state index in [1.165, 1.54) is 0 Å². The first-order valence-electron chi connectivity index (χ1n) is 13.7. The molecule has 13 heteroatoms. The predicted octanol–water partition coefficient (Wildman–Crippen LogP) is 6.63. The highest BCUT2D eigenvalue weighted by molar-refractivity contribution is 6.43. The molecule has 2 N–H and O–H groups in total. The molecule has 2 saturated heterocycles. The van der Waals surface area contributed by atoms with E-state index in [0.29, 0.717) is 29.9 Å². The minimum atomic E-state index is -5.15. The van der Waals surface area contributed by atoms with Gasteiger partial charge in [0, 0.05) is 0 Å². The number of alkyl halides is 6. The molecule has 0 saturated carbocycles. The van der Waals surface area contributed by atoms with Crippen molar-refractivity contribution in [2.45, 2.75) is 57.9 Å². The Balaban J connectivity index is 1.43. The monoisotopic (exact) mass is 607 g/mol. The van der Waals surface area contributed by atoms with E-state index in [1.807, 2.05) is 13.0 Å². The van der Waals surface area contributed by atoms with Crippen LogP contribution in [0.3, 0.4) is 0 Å². The van der Waals surface area contributed by atoms with Gasteiger partial charge in [0.25, 0.3) is 0 Å². The van der Waals surface area contributed by atoms with Crippen molar-refractivity contribution in [3.8, 4) is 5.75 Å². The quantitative estimate of drug-likeness (QED) is 0.173. The van der Waals surface area contributed by atoms with Crippen LogP contribution in [0.2, 0.25) is 6.32 Å². The molecule has 2 heterocycles. The molecule has 4 atom stereocenters. The van der Waals surface area contributed by atoms with Gasteiger partial charge in [0.15, 0.2) is 0 Å². The summed E-state index contributed by atoms with van der Waals surface area (Å²) < 4.78 is 87.0. The first-order valence-corrected chi connectivity index (χ1v) is 13.7. The van der Waals surface area contributed by atoms with Gasteiger partial charge in [0.05, 0.1) is 34.8 Å². The second kappa shape index (κ2) is 11.2. The number of benzene rings is 2. The molecule has 0 radical (unpaired) electrons. The number of anilines is 1. The molecule has 5 rings (SSSR count).